The Bertz CT molecular complexity index is 630. The number of nitrogens with one attached hydrogen (secondary N) is 2. The molecular formula is C14H21N5O2. The third-order valence-electron chi connectivity index (χ3n) is 2.63. The molecule has 0 bridgehead atoms. The Morgan fingerprint density at radius 3 is 2.76 bits per heavy atom. The molecule has 1 amide bonds. The number of anilines is 1. The number of hydrogen-bond donors (Lipinski definition) is 2. The minimum absolute atomic E-state index is 0.428. The number of ether oxygens (including phenoxy) is 1. The quantitative estimate of drug-likeness (QED) is 0.842. The molecule has 7 heteroatoms. The van der Waals surface area contributed by atoms with E-state index >= 15 is 0 Å². The molecular weight excluding hydrogens is 270 g/mol. The maximum absolute atomic E-state index is 11.5. The maximum Gasteiger partial charge on any atom is 0.407 e. The Kier molecular flexibility index (Phi) is 4.30. The van der Waals surface area contributed by atoms with Crippen LogP contribution in [0.4, 0.5) is 10.7 Å². The number of carbonyl (C=O) groups excluding carboxylic acids is 1. The van der Waals surface area contributed by atoms with Gasteiger partial charge in [0.1, 0.15) is 5.60 Å². The zero-order valence-corrected chi connectivity index (χ0v) is 12.8. The van der Waals surface area contributed by atoms with Crippen molar-refractivity contribution in [3.8, 4) is 0 Å². The predicted molar refractivity (Wildman–Crippen MR) is 80.5 cm³/mol. The molecule has 0 fully saturated rings. The van der Waals surface area contributed by atoms with Gasteiger partial charge in [0, 0.05) is 18.8 Å². The Balaban J connectivity index is 1.80. The summed E-state index contributed by atoms with van der Waals surface area (Å²) in [5, 5.41) is 10.1. The maximum atomic E-state index is 11.5. The summed E-state index contributed by atoms with van der Waals surface area (Å²) in [4.78, 5) is 15.8. The molecule has 7 nitrogen and oxygen atoms in total. The van der Waals surface area contributed by atoms with Crippen molar-refractivity contribution in [2.75, 3.05) is 18.4 Å². The number of fused-ring (bicyclic) bond motifs is 1. The largest absolute Gasteiger partial charge is 0.444 e. The van der Waals surface area contributed by atoms with Crippen molar-refractivity contribution in [3.63, 3.8) is 0 Å². The molecule has 0 aliphatic heterocycles. The third-order valence-corrected chi connectivity index (χ3v) is 2.63. The second kappa shape index (κ2) is 5.99. The van der Waals surface area contributed by atoms with Crippen LogP contribution < -0.4 is 10.6 Å². The van der Waals surface area contributed by atoms with Crippen LogP contribution in [0.15, 0.2) is 18.2 Å². The first-order valence-corrected chi connectivity index (χ1v) is 6.88. The van der Waals surface area contributed by atoms with E-state index in [4.69, 9.17) is 4.74 Å². The summed E-state index contributed by atoms with van der Waals surface area (Å²) in [7, 11) is 0. The van der Waals surface area contributed by atoms with Crippen LogP contribution in [0.1, 0.15) is 26.5 Å². The lowest BCUT2D eigenvalue weighted by molar-refractivity contribution is 0.0530. The Morgan fingerprint density at radius 1 is 1.33 bits per heavy atom. The number of carbonyl (C=O) groups is 1. The lowest BCUT2D eigenvalue weighted by atomic mass is 10.2. The van der Waals surface area contributed by atoms with Crippen LogP contribution in [0, 0.1) is 6.92 Å². The minimum Gasteiger partial charge on any atom is -0.444 e. The van der Waals surface area contributed by atoms with Gasteiger partial charge in [0.05, 0.1) is 0 Å². The van der Waals surface area contributed by atoms with Crippen LogP contribution in [-0.4, -0.2) is 39.4 Å². The molecule has 2 N–H and O–H groups in total. The second-order valence-electron chi connectivity index (χ2n) is 5.73. The lowest BCUT2D eigenvalue weighted by Crippen LogP contribution is -2.35. The number of hydrogen-bond acceptors (Lipinski definition) is 5. The van der Waals surface area contributed by atoms with Crippen molar-refractivity contribution in [2.45, 2.75) is 33.3 Å². The van der Waals surface area contributed by atoms with Crippen LogP contribution >= 0.6 is 0 Å². The van der Waals surface area contributed by atoms with Gasteiger partial charge in [-0.25, -0.2) is 9.31 Å². The molecule has 0 unspecified atom stereocenters. The fourth-order valence-corrected chi connectivity index (χ4v) is 1.76. The highest BCUT2D eigenvalue weighted by Gasteiger charge is 2.15. The molecule has 21 heavy (non-hydrogen) atoms. The molecule has 0 saturated carbocycles. The molecule has 0 atom stereocenters. The van der Waals surface area contributed by atoms with Crippen molar-refractivity contribution in [3.05, 3.63) is 23.9 Å². The highest BCUT2D eigenvalue weighted by atomic mass is 16.6. The van der Waals surface area contributed by atoms with E-state index in [0.717, 1.165) is 11.3 Å². The highest BCUT2D eigenvalue weighted by Crippen LogP contribution is 2.08. The van der Waals surface area contributed by atoms with Crippen LogP contribution in [0.2, 0.25) is 0 Å². The first-order valence-electron chi connectivity index (χ1n) is 6.88. The van der Waals surface area contributed by atoms with Gasteiger partial charge in [0.2, 0.25) is 5.95 Å². The number of aryl methyl sites for hydroxylation is 1. The van der Waals surface area contributed by atoms with Crippen molar-refractivity contribution in [1.82, 2.24) is 19.9 Å². The zero-order valence-electron chi connectivity index (χ0n) is 12.8. The zero-order chi connectivity index (χ0) is 15.5. The van der Waals surface area contributed by atoms with E-state index in [2.05, 4.69) is 20.7 Å². The standard InChI is InChI=1S/C14H21N5O2/c1-10-6-5-7-11-17-12(18-19(10)11)15-8-9-16-13(20)21-14(2,3)4/h5-7H,8-9H2,1-4H3,(H,15,18)(H,16,20). The van der Waals surface area contributed by atoms with E-state index in [9.17, 15) is 4.79 Å². The Hall–Kier alpha value is -2.31. The monoisotopic (exact) mass is 291 g/mol. The van der Waals surface area contributed by atoms with Gasteiger partial charge in [-0.2, -0.15) is 4.98 Å². The number of aromatic nitrogens is 3. The van der Waals surface area contributed by atoms with Crippen molar-refractivity contribution >= 4 is 17.7 Å². The Morgan fingerprint density at radius 2 is 2.10 bits per heavy atom. The van der Waals surface area contributed by atoms with E-state index in [1.807, 2.05) is 45.9 Å². The normalized spacial score (nSPS) is 11.4. The fraction of sp³-hybridized carbons (Fsp3) is 0.500. The van der Waals surface area contributed by atoms with E-state index in [-0.39, 0.29) is 0 Å². The van der Waals surface area contributed by atoms with Gasteiger partial charge in [-0.15, -0.1) is 5.10 Å². The van der Waals surface area contributed by atoms with Gasteiger partial charge in [-0.3, -0.25) is 0 Å². The van der Waals surface area contributed by atoms with Crippen LogP contribution in [0.25, 0.3) is 5.65 Å². The summed E-state index contributed by atoms with van der Waals surface area (Å²) in [5.41, 5.74) is 1.32. The predicted octanol–water partition coefficient (Wildman–Crippen LogP) is 1.97. The van der Waals surface area contributed by atoms with Gasteiger partial charge >= 0.3 is 6.09 Å². The van der Waals surface area contributed by atoms with Gasteiger partial charge in [-0.1, -0.05) is 6.07 Å². The third kappa shape index (κ3) is 4.34. The fourth-order valence-electron chi connectivity index (χ4n) is 1.76. The number of alkyl carbamates (subject to hydrolysis) is 1. The van der Waals surface area contributed by atoms with Crippen molar-refractivity contribution < 1.29 is 9.53 Å². The van der Waals surface area contributed by atoms with Gasteiger partial charge in [0.15, 0.2) is 5.65 Å². The molecule has 0 aromatic carbocycles. The summed E-state index contributed by atoms with van der Waals surface area (Å²) in [5.74, 6) is 0.537. The summed E-state index contributed by atoms with van der Waals surface area (Å²) in [6.45, 7) is 8.41. The topological polar surface area (TPSA) is 80.5 Å². The van der Waals surface area contributed by atoms with E-state index in [1.54, 1.807) is 4.52 Å². The first kappa shape index (κ1) is 15.1. The average Bonchev–Trinajstić information content (AvgIpc) is 2.77. The van der Waals surface area contributed by atoms with E-state index < -0.39 is 11.7 Å². The SMILES string of the molecule is Cc1cccc2nc(NCCNC(=O)OC(C)(C)C)nn12. The summed E-state index contributed by atoms with van der Waals surface area (Å²) < 4.78 is 6.91. The Labute approximate surface area is 123 Å². The number of rotatable bonds is 4. The molecule has 2 aromatic rings. The van der Waals surface area contributed by atoms with Crippen LogP contribution in [0.3, 0.4) is 0 Å². The van der Waals surface area contributed by atoms with Crippen molar-refractivity contribution in [2.24, 2.45) is 0 Å². The minimum atomic E-state index is -0.488. The molecule has 0 aliphatic rings. The smallest absolute Gasteiger partial charge is 0.407 e. The molecule has 2 heterocycles. The summed E-state index contributed by atoms with van der Waals surface area (Å²) >= 11 is 0. The van der Waals surface area contributed by atoms with Gasteiger partial charge in [0.25, 0.3) is 0 Å². The van der Waals surface area contributed by atoms with E-state index in [0.29, 0.717) is 19.0 Å². The molecule has 0 saturated heterocycles. The molecule has 114 valence electrons. The van der Waals surface area contributed by atoms with Gasteiger partial charge < -0.3 is 15.4 Å². The van der Waals surface area contributed by atoms with Crippen LogP contribution in [0.5, 0.6) is 0 Å². The van der Waals surface area contributed by atoms with E-state index in [1.165, 1.54) is 0 Å². The van der Waals surface area contributed by atoms with Crippen molar-refractivity contribution in [1.29, 1.82) is 0 Å². The number of amides is 1. The van der Waals surface area contributed by atoms with Crippen LogP contribution in [-0.2, 0) is 4.74 Å². The molecule has 2 rings (SSSR count). The highest BCUT2D eigenvalue weighted by molar-refractivity contribution is 5.67. The lowest BCUT2D eigenvalue weighted by Gasteiger charge is -2.19. The summed E-state index contributed by atoms with van der Waals surface area (Å²) in [6, 6.07) is 5.80. The second-order valence-corrected chi connectivity index (χ2v) is 5.73. The van der Waals surface area contributed by atoms with Gasteiger partial charge in [-0.05, 0) is 39.8 Å². The number of pyridine rings is 1. The molecule has 2 aromatic heterocycles. The average molecular weight is 291 g/mol. The number of nitrogens with zero attached hydrogens (tertiary/aromatic N) is 3. The first-order chi connectivity index (χ1) is 9.85. The molecule has 0 aliphatic carbocycles. The molecule has 0 radical (unpaired) electrons. The molecule has 0 spiro atoms. The summed E-state index contributed by atoms with van der Waals surface area (Å²) in [6.07, 6.45) is -0.428.